The number of guanidine groups is 1. The second-order valence-corrected chi connectivity index (χ2v) is 8.87. The predicted octanol–water partition coefficient (Wildman–Crippen LogP) is 2.14. The zero-order valence-corrected chi connectivity index (χ0v) is 18.6. The maximum absolute atomic E-state index is 12.6. The lowest BCUT2D eigenvalue weighted by atomic mass is 9.95. The molecule has 1 aliphatic rings. The standard InChI is InChI=1S/C22H18N8O3S/c1-12-2-8-15(9-3-12)34(31,32)33-14-6-4-13(5-7-14)19-17-18(25)16(10-23)20(26)29-21(17)30-22(28-19)27-11-24/h2-9,19H,1H3,(H6,25,26,27,28,29,30). The summed E-state index contributed by atoms with van der Waals surface area (Å²) in [7, 11) is -4.02. The van der Waals surface area contributed by atoms with Gasteiger partial charge in [-0.05, 0) is 36.8 Å². The highest BCUT2D eigenvalue weighted by molar-refractivity contribution is 7.87. The minimum absolute atomic E-state index is 0.0154. The molecule has 0 bridgehead atoms. The van der Waals surface area contributed by atoms with Gasteiger partial charge in [0.1, 0.15) is 40.0 Å². The number of aryl methyl sites for hydroxylation is 1. The van der Waals surface area contributed by atoms with Crippen LogP contribution in [0.4, 0.5) is 17.3 Å². The summed E-state index contributed by atoms with van der Waals surface area (Å²) in [5.41, 5.74) is 14.1. The lowest BCUT2D eigenvalue weighted by Gasteiger charge is -2.26. The number of hydrogen-bond donors (Lipinski definition) is 4. The van der Waals surface area contributed by atoms with Gasteiger partial charge in [-0.15, -0.1) is 0 Å². The van der Waals surface area contributed by atoms with Crippen molar-refractivity contribution in [3.8, 4) is 18.0 Å². The Morgan fingerprint density at radius 2 is 1.76 bits per heavy atom. The van der Waals surface area contributed by atoms with E-state index in [0.717, 1.165) is 5.56 Å². The Balaban J connectivity index is 1.70. The third-order valence-corrected chi connectivity index (χ3v) is 6.33. The summed E-state index contributed by atoms with van der Waals surface area (Å²) in [6, 6.07) is 13.6. The molecule has 4 rings (SSSR count). The smallest absolute Gasteiger partial charge is 0.339 e. The number of aliphatic imine (C=N–C) groups is 1. The highest BCUT2D eigenvalue weighted by atomic mass is 32.2. The molecule has 1 unspecified atom stereocenters. The summed E-state index contributed by atoms with van der Waals surface area (Å²) >= 11 is 0. The first-order chi connectivity index (χ1) is 16.2. The normalized spacial score (nSPS) is 14.6. The Hall–Kier alpha value is -4.81. The van der Waals surface area contributed by atoms with Crippen LogP contribution in [0.3, 0.4) is 0 Å². The number of nitrogens with zero attached hydrogens (tertiary/aromatic N) is 4. The number of rotatable bonds is 4. The number of pyridine rings is 1. The molecule has 1 atom stereocenters. The number of nitrogen functional groups attached to an aromatic ring is 2. The van der Waals surface area contributed by atoms with Gasteiger partial charge in [-0.25, -0.2) is 9.98 Å². The van der Waals surface area contributed by atoms with E-state index in [1.54, 1.807) is 30.5 Å². The monoisotopic (exact) mass is 474 g/mol. The third kappa shape index (κ3) is 4.13. The van der Waals surface area contributed by atoms with Gasteiger partial charge in [-0.2, -0.15) is 18.9 Å². The average molecular weight is 475 g/mol. The highest BCUT2D eigenvalue weighted by Gasteiger charge is 2.29. The molecule has 2 aromatic carbocycles. The summed E-state index contributed by atoms with van der Waals surface area (Å²) in [4.78, 5) is 8.67. The van der Waals surface area contributed by atoms with Crippen LogP contribution in [0.2, 0.25) is 0 Å². The molecule has 12 heteroatoms. The molecule has 0 radical (unpaired) electrons. The molecular formula is C22H18N8O3S. The van der Waals surface area contributed by atoms with Gasteiger partial charge in [-0.3, -0.25) is 5.32 Å². The number of nitrogens with two attached hydrogens (primary N) is 2. The van der Waals surface area contributed by atoms with Gasteiger partial charge in [0, 0.05) is 5.56 Å². The van der Waals surface area contributed by atoms with Crippen molar-refractivity contribution in [3.63, 3.8) is 0 Å². The molecular weight excluding hydrogens is 456 g/mol. The zero-order chi connectivity index (χ0) is 24.5. The maximum atomic E-state index is 12.6. The highest BCUT2D eigenvalue weighted by Crippen LogP contribution is 2.40. The minimum Gasteiger partial charge on any atom is -0.397 e. The number of fused-ring (bicyclic) bond motifs is 1. The lowest BCUT2D eigenvalue weighted by molar-refractivity contribution is 0.486. The maximum Gasteiger partial charge on any atom is 0.339 e. The van der Waals surface area contributed by atoms with E-state index in [4.69, 9.17) is 20.9 Å². The molecule has 0 spiro atoms. The number of nitriles is 2. The van der Waals surface area contributed by atoms with Gasteiger partial charge in [-0.1, -0.05) is 29.8 Å². The first kappa shape index (κ1) is 22.4. The van der Waals surface area contributed by atoms with Crippen molar-refractivity contribution in [1.82, 2.24) is 10.3 Å². The Bertz CT molecular complexity index is 1490. The number of anilines is 3. The molecule has 2 heterocycles. The van der Waals surface area contributed by atoms with Crippen LogP contribution in [0.1, 0.15) is 28.3 Å². The Kier molecular flexibility index (Phi) is 5.67. The molecule has 170 valence electrons. The summed E-state index contributed by atoms with van der Waals surface area (Å²) in [5.74, 6) is 0.388. The molecule has 11 nitrogen and oxygen atoms in total. The Morgan fingerprint density at radius 3 is 2.38 bits per heavy atom. The van der Waals surface area contributed by atoms with E-state index in [-0.39, 0.29) is 39.5 Å². The van der Waals surface area contributed by atoms with Gasteiger partial charge < -0.3 is 21.0 Å². The average Bonchev–Trinajstić information content (AvgIpc) is 2.79. The van der Waals surface area contributed by atoms with E-state index in [0.29, 0.717) is 11.1 Å². The number of aromatic nitrogens is 1. The fraction of sp³-hybridized carbons (Fsp3) is 0.0909. The molecule has 34 heavy (non-hydrogen) atoms. The van der Waals surface area contributed by atoms with E-state index in [1.165, 1.54) is 24.3 Å². The molecule has 0 aliphatic carbocycles. The quantitative estimate of drug-likeness (QED) is 0.247. The van der Waals surface area contributed by atoms with Crippen LogP contribution in [0.15, 0.2) is 58.4 Å². The molecule has 0 amide bonds. The second-order valence-electron chi connectivity index (χ2n) is 7.32. The van der Waals surface area contributed by atoms with Crippen LogP contribution in [0.5, 0.6) is 5.75 Å². The van der Waals surface area contributed by atoms with Gasteiger partial charge in [0.2, 0.25) is 5.96 Å². The zero-order valence-electron chi connectivity index (χ0n) is 17.8. The molecule has 1 aliphatic heterocycles. The minimum atomic E-state index is -4.02. The van der Waals surface area contributed by atoms with E-state index in [1.807, 2.05) is 13.0 Å². The molecule has 0 saturated heterocycles. The van der Waals surface area contributed by atoms with E-state index >= 15 is 0 Å². The summed E-state index contributed by atoms with van der Waals surface area (Å²) in [5, 5.41) is 23.7. The summed E-state index contributed by atoms with van der Waals surface area (Å²) in [6.07, 6.45) is 1.77. The van der Waals surface area contributed by atoms with Crippen molar-refractivity contribution in [2.45, 2.75) is 17.9 Å². The predicted molar refractivity (Wildman–Crippen MR) is 125 cm³/mol. The van der Waals surface area contributed by atoms with Crippen molar-refractivity contribution in [1.29, 1.82) is 10.5 Å². The van der Waals surface area contributed by atoms with Crippen LogP contribution < -0.4 is 26.3 Å². The first-order valence-corrected chi connectivity index (χ1v) is 11.2. The van der Waals surface area contributed by atoms with Crippen molar-refractivity contribution < 1.29 is 12.6 Å². The van der Waals surface area contributed by atoms with Crippen LogP contribution in [-0.2, 0) is 10.1 Å². The molecule has 6 N–H and O–H groups in total. The lowest BCUT2D eigenvalue weighted by Crippen LogP contribution is -2.32. The van der Waals surface area contributed by atoms with E-state index < -0.39 is 16.2 Å². The third-order valence-electron chi connectivity index (χ3n) is 5.07. The Morgan fingerprint density at radius 1 is 1.09 bits per heavy atom. The van der Waals surface area contributed by atoms with Gasteiger partial charge in [0.15, 0.2) is 6.19 Å². The van der Waals surface area contributed by atoms with Crippen molar-refractivity contribution >= 4 is 33.4 Å². The van der Waals surface area contributed by atoms with Crippen LogP contribution in [0, 0.1) is 29.7 Å². The number of hydrogen-bond acceptors (Lipinski definition) is 11. The summed E-state index contributed by atoms with van der Waals surface area (Å²) < 4.78 is 30.4. The molecule has 3 aromatic rings. The second kappa shape index (κ2) is 8.61. The first-order valence-electron chi connectivity index (χ1n) is 9.83. The number of nitrogens with one attached hydrogen (secondary N) is 2. The largest absolute Gasteiger partial charge is 0.397 e. The fourth-order valence-corrected chi connectivity index (χ4v) is 4.34. The fourth-order valence-electron chi connectivity index (χ4n) is 3.41. The topological polar surface area (TPSA) is 192 Å². The molecule has 0 saturated carbocycles. The van der Waals surface area contributed by atoms with Crippen LogP contribution in [-0.4, -0.2) is 19.4 Å². The van der Waals surface area contributed by atoms with Crippen LogP contribution >= 0.6 is 0 Å². The Labute approximate surface area is 195 Å². The number of benzene rings is 2. The van der Waals surface area contributed by atoms with E-state index in [2.05, 4.69) is 20.6 Å². The van der Waals surface area contributed by atoms with Crippen molar-refractivity contribution in [2.24, 2.45) is 4.99 Å². The van der Waals surface area contributed by atoms with Crippen LogP contribution in [0.25, 0.3) is 0 Å². The van der Waals surface area contributed by atoms with Gasteiger partial charge in [0.25, 0.3) is 0 Å². The van der Waals surface area contributed by atoms with Gasteiger partial charge >= 0.3 is 10.1 Å². The molecule has 0 fully saturated rings. The SMILES string of the molecule is Cc1ccc(S(=O)(=O)Oc2ccc(C3N=C(NC#N)Nc4nc(N)c(C#N)c(N)c43)cc2)cc1. The van der Waals surface area contributed by atoms with Crippen molar-refractivity contribution in [2.75, 3.05) is 16.8 Å². The van der Waals surface area contributed by atoms with E-state index in [9.17, 15) is 13.7 Å². The summed E-state index contributed by atoms with van der Waals surface area (Å²) in [6.45, 7) is 1.85. The molecule has 1 aromatic heterocycles. The van der Waals surface area contributed by atoms with Crippen molar-refractivity contribution in [3.05, 3.63) is 70.8 Å². The van der Waals surface area contributed by atoms with Gasteiger partial charge in [0.05, 0.1) is 5.69 Å².